The molecule has 0 radical (unpaired) electrons. The fraction of sp³-hybridized carbons (Fsp3) is 0. The molecule has 0 saturated heterocycles. The minimum absolute atomic E-state index is 0.255. The number of rotatable bonds is 4. The lowest BCUT2D eigenvalue weighted by molar-refractivity contribution is 0.102. The lowest BCUT2D eigenvalue weighted by atomic mass is 10.0. The van der Waals surface area contributed by atoms with Crippen LogP contribution in [-0.4, -0.2) is 15.3 Å². The van der Waals surface area contributed by atoms with Gasteiger partial charge in [0.2, 0.25) is 0 Å². The number of imidazole rings is 1. The third-order valence-electron chi connectivity index (χ3n) is 5.11. The second kappa shape index (κ2) is 7.88. The van der Waals surface area contributed by atoms with Gasteiger partial charge in [0.25, 0.3) is 5.91 Å². The van der Waals surface area contributed by atoms with Gasteiger partial charge in [-0.2, -0.15) is 0 Å². The van der Waals surface area contributed by atoms with E-state index in [1.54, 1.807) is 12.1 Å². The van der Waals surface area contributed by atoms with Crippen LogP contribution in [0, 0.1) is 5.82 Å². The highest BCUT2D eigenvalue weighted by molar-refractivity contribution is 6.06. The van der Waals surface area contributed by atoms with Gasteiger partial charge in [-0.1, -0.05) is 60.7 Å². The summed E-state index contributed by atoms with van der Waals surface area (Å²) in [6.07, 6.45) is 3.80. The standard InChI is InChI=1S/C26H18FN3O/c27-22-9-4-8-21(16-22)26(31)29-23-10-5-15-30-17-24(28-25(23)30)20-13-11-19(12-14-20)18-6-2-1-3-7-18/h1-17H,(H,29,31). The molecule has 4 nitrogen and oxygen atoms in total. The number of anilines is 1. The van der Waals surface area contributed by atoms with E-state index in [-0.39, 0.29) is 11.5 Å². The maximum atomic E-state index is 13.5. The van der Waals surface area contributed by atoms with Gasteiger partial charge < -0.3 is 9.72 Å². The zero-order valence-corrected chi connectivity index (χ0v) is 16.5. The van der Waals surface area contributed by atoms with Crippen molar-refractivity contribution in [3.05, 3.63) is 115 Å². The fourth-order valence-corrected chi connectivity index (χ4v) is 3.54. The molecule has 5 rings (SSSR count). The molecule has 5 aromatic rings. The van der Waals surface area contributed by atoms with Crippen LogP contribution in [0.5, 0.6) is 0 Å². The molecule has 0 unspecified atom stereocenters. The third-order valence-corrected chi connectivity index (χ3v) is 5.11. The molecule has 0 aliphatic heterocycles. The van der Waals surface area contributed by atoms with Crippen molar-refractivity contribution in [3.8, 4) is 22.4 Å². The fourth-order valence-electron chi connectivity index (χ4n) is 3.54. The molecule has 1 amide bonds. The van der Waals surface area contributed by atoms with E-state index in [1.165, 1.54) is 18.2 Å². The maximum absolute atomic E-state index is 13.5. The topological polar surface area (TPSA) is 46.4 Å². The lowest BCUT2D eigenvalue weighted by Gasteiger charge is -2.06. The zero-order valence-electron chi connectivity index (χ0n) is 16.5. The van der Waals surface area contributed by atoms with E-state index in [0.717, 1.165) is 22.4 Å². The van der Waals surface area contributed by atoms with Gasteiger partial charge in [-0.3, -0.25) is 4.79 Å². The molecule has 0 atom stereocenters. The van der Waals surface area contributed by atoms with Crippen molar-refractivity contribution in [1.82, 2.24) is 9.38 Å². The molecule has 150 valence electrons. The number of carbonyl (C=O) groups is 1. The minimum Gasteiger partial charge on any atom is -0.319 e. The quantitative estimate of drug-likeness (QED) is 0.394. The van der Waals surface area contributed by atoms with Gasteiger partial charge in [0, 0.05) is 23.5 Å². The van der Waals surface area contributed by atoms with Gasteiger partial charge in [0.15, 0.2) is 5.65 Å². The number of nitrogens with one attached hydrogen (secondary N) is 1. The van der Waals surface area contributed by atoms with Crippen molar-refractivity contribution >= 4 is 17.2 Å². The van der Waals surface area contributed by atoms with Gasteiger partial charge in [-0.15, -0.1) is 0 Å². The Bertz CT molecular complexity index is 1380. The minimum atomic E-state index is -0.451. The summed E-state index contributed by atoms with van der Waals surface area (Å²) in [6.45, 7) is 0. The van der Waals surface area contributed by atoms with Gasteiger partial charge >= 0.3 is 0 Å². The van der Waals surface area contributed by atoms with Gasteiger partial charge in [0.05, 0.1) is 11.4 Å². The normalized spacial score (nSPS) is 10.9. The summed E-state index contributed by atoms with van der Waals surface area (Å²) in [5, 5.41) is 2.83. The molecule has 0 aliphatic carbocycles. The molecule has 2 aromatic heterocycles. The monoisotopic (exact) mass is 407 g/mol. The van der Waals surface area contributed by atoms with E-state index in [9.17, 15) is 9.18 Å². The second-order valence-electron chi connectivity index (χ2n) is 7.19. The Morgan fingerprint density at radius 3 is 2.32 bits per heavy atom. The van der Waals surface area contributed by atoms with Crippen LogP contribution >= 0.6 is 0 Å². The highest BCUT2D eigenvalue weighted by Gasteiger charge is 2.12. The predicted octanol–water partition coefficient (Wildman–Crippen LogP) is 6.06. The number of hydrogen-bond acceptors (Lipinski definition) is 2. The van der Waals surface area contributed by atoms with E-state index in [4.69, 9.17) is 4.98 Å². The first-order valence-corrected chi connectivity index (χ1v) is 9.88. The number of amides is 1. The number of benzene rings is 3. The largest absolute Gasteiger partial charge is 0.319 e. The highest BCUT2D eigenvalue weighted by Crippen LogP contribution is 2.26. The van der Waals surface area contributed by atoms with E-state index >= 15 is 0 Å². The molecular weight excluding hydrogens is 389 g/mol. The Morgan fingerprint density at radius 1 is 0.806 bits per heavy atom. The number of hydrogen-bond donors (Lipinski definition) is 1. The van der Waals surface area contributed by atoms with Crippen LogP contribution < -0.4 is 5.32 Å². The van der Waals surface area contributed by atoms with Crippen molar-refractivity contribution in [2.45, 2.75) is 0 Å². The second-order valence-corrected chi connectivity index (χ2v) is 7.19. The van der Waals surface area contributed by atoms with Gasteiger partial charge in [-0.05, 0) is 41.5 Å². The number of halogens is 1. The number of carbonyl (C=O) groups excluding carboxylic acids is 1. The average molecular weight is 407 g/mol. The van der Waals surface area contributed by atoms with Crippen molar-refractivity contribution in [2.75, 3.05) is 5.32 Å². The zero-order chi connectivity index (χ0) is 21.2. The number of nitrogens with zero attached hydrogens (tertiary/aromatic N) is 2. The Morgan fingerprint density at radius 2 is 1.55 bits per heavy atom. The Balaban J connectivity index is 1.45. The molecule has 0 spiro atoms. The van der Waals surface area contributed by atoms with E-state index in [0.29, 0.717) is 11.3 Å². The number of fused-ring (bicyclic) bond motifs is 1. The first-order valence-electron chi connectivity index (χ1n) is 9.88. The summed E-state index contributed by atoms with van der Waals surface area (Å²) in [5.74, 6) is -0.836. The molecule has 3 aromatic carbocycles. The molecule has 31 heavy (non-hydrogen) atoms. The van der Waals surface area contributed by atoms with Crippen molar-refractivity contribution in [1.29, 1.82) is 0 Å². The van der Waals surface area contributed by atoms with Gasteiger partial charge in [0.1, 0.15) is 5.82 Å². The Kier molecular flexibility index (Phi) is 4.77. The molecule has 1 N–H and O–H groups in total. The van der Waals surface area contributed by atoms with Crippen LogP contribution in [0.3, 0.4) is 0 Å². The smallest absolute Gasteiger partial charge is 0.255 e. The first kappa shape index (κ1) is 18.8. The van der Waals surface area contributed by atoms with Crippen LogP contribution in [0.25, 0.3) is 28.0 Å². The van der Waals surface area contributed by atoms with Crippen molar-refractivity contribution in [2.24, 2.45) is 0 Å². The van der Waals surface area contributed by atoms with Crippen LogP contribution in [0.1, 0.15) is 10.4 Å². The van der Waals surface area contributed by atoms with Crippen LogP contribution in [0.2, 0.25) is 0 Å². The highest BCUT2D eigenvalue weighted by atomic mass is 19.1. The van der Waals surface area contributed by atoms with E-state index in [2.05, 4.69) is 29.6 Å². The Labute approximate surface area is 178 Å². The molecule has 0 aliphatic rings. The van der Waals surface area contributed by atoms with E-state index < -0.39 is 5.82 Å². The summed E-state index contributed by atoms with van der Waals surface area (Å²) in [6, 6.07) is 27.6. The molecule has 5 heteroatoms. The SMILES string of the molecule is O=C(Nc1cccn2cc(-c3ccc(-c4ccccc4)cc3)nc12)c1cccc(F)c1. The van der Waals surface area contributed by atoms with Gasteiger partial charge in [-0.25, -0.2) is 9.37 Å². The first-order chi connectivity index (χ1) is 15.2. The molecule has 2 heterocycles. The van der Waals surface area contributed by atoms with Crippen molar-refractivity contribution < 1.29 is 9.18 Å². The summed E-state index contributed by atoms with van der Waals surface area (Å²) in [7, 11) is 0. The van der Waals surface area contributed by atoms with Crippen LogP contribution in [0.4, 0.5) is 10.1 Å². The summed E-state index contributed by atoms with van der Waals surface area (Å²) >= 11 is 0. The van der Waals surface area contributed by atoms with Crippen LogP contribution in [-0.2, 0) is 0 Å². The Hall–Kier alpha value is -4.25. The summed E-state index contributed by atoms with van der Waals surface area (Å²) in [4.78, 5) is 17.3. The molecule has 0 fully saturated rings. The molecule has 0 saturated carbocycles. The third kappa shape index (κ3) is 3.81. The summed E-state index contributed by atoms with van der Waals surface area (Å²) < 4.78 is 15.3. The molecule has 0 bridgehead atoms. The number of pyridine rings is 1. The van der Waals surface area contributed by atoms with E-state index in [1.807, 2.05) is 53.2 Å². The predicted molar refractivity (Wildman–Crippen MR) is 120 cm³/mol. The summed E-state index contributed by atoms with van der Waals surface area (Å²) in [5.41, 5.74) is 5.50. The number of aromatic nitrogens is 2. The van der Waals surface area contributed by atoms with Crippen LogP contribution in [0.15, 0.2) is 103 Å². The molecular formula is C26H18FN3O. The lowest BCUT2D eigenvalue weighted by Crippen LogP contribution is -2.12. The average Bonchev–Trinajstić information content (AvgIpc) is 3.25. The maximum Gasteiger partial charge on any atom is 0.255 e. The van der Waals surface area contributed by atoms with Crippen molar-refractivity contribution in [3.63, 3.8) is 0 Å².